The topological polar surface area (TPSA) is 73.2 Å². The van der Waals surface area contributed by atoms with Crippen molar-refractivity contribution in [1.82, 2.24) is 9.62 Å². The van der Waals surface area contributed by atoms with Crippen LogP contribution in [0.15, 0.2) is 23.1 Å². The van der Waals surface area contributed by atoms with Crippen LogP contribution in [0.2, 0.25) is 0 Å². The van der Waals surface area contributed by atoms with Crippen LogP contribution < -0.4 is 5.32 Å². The van der Waals surface area contributed by atoms with Crippen LogP contribution in [0.5, 0.6) is 0 Å². The van der Waals surface area contributed by atoms with Crippen molar-refractivity contribution in [3.05, 3.63) is 29.6 Å². The van der Waals surface area contributed by atoms with Crippen LogP contribution in [0.4, 0.5) is 4.39 Å². The third-order valence-corrected chi connectivity index (χ3v) is 6.22. The molecule has 2 saturated heterocycles. The van der Waals surface area contributed by atoms with Gasteiger partial charge in [0.2, 0.25) is 10.0 Å². The van der Waals surface area contributed by atoms with Crippen LogP contribution in [-0.2, 0) is 10.0 Å². The summed E-state index contributed by atoms with van der Waals surface area (Å²) >= 11 is 0. The van der Waals surface area contributed by atoms with Gasteiger partial charge in [-0.2, -0.15) is 9.57 Å². The highest BCUT2D eigenvalue weighted by Gasteiger charge is 2.37. The summed E-state index contributed by atoms with van der Waals surface area (Å²) in [6.45, 7) is 2.75. The van der Waals surface area contributed by atoms with E-state index in [0.717, 1.165) is 31.6 Å². The number of fused-ring (bicyclic) bond motifs is 1. The summed E-state index contributed by atoms with van der Waals surface area (Å²) in [4.78, 5) is -0.00939. The molecule has 2 aliphatic rings. The van der Waals surface area contributed by atoms with Crippen molar-refractivity contribution >= 4 is 22.4 Å². The summed E-state index contributed by atoms with van der Waals surface area (Å²) in [5.41, 5.74) is -0.242. The summed E-state index contributed by atoms with van der Waals surface area (Å²) in [7, 11) is -3.66. The average molecular weight is 346 g/mol. The highest BCUT2D eigenvalue weighted by molar-refractivity contribution is 7.89. The fraction of sp³-hybridized carbons (Fsp3) is 0.500. The number of hydrogen-bond donors (Lipinski definition) is 1. The number of hydrogen-bond acceptors (Lipinski definition) is 4. The SMILES string of the molecule is Cl.N#Cc1cc(S(=O)(=O)N2CCC3CNCC3C2)ccc1F. The Hall–Kier alpha value is -1.20. The molecule has 1 N–H and O–H groups in total. The lowest BCUT2D eigenvalue weighted by Crippen LogP contribution is -2.43. The third kappa shape index (κ3) is 2.97. The first-order chi connectivity index (χ1) is 10.0. The van der Waals surface area contributed by atoms with Crippen LogP contribution in [0.1, 0.15) is 12.0 Å². The first-order valence-corrected chi connectivity index (χ1v) is 8.37. The molecule has 2 aliphatic heterocycles. The summed E-state index contributed by atoms with van der Waals surface area (Å²) in [6, 6.07) is 5.06. The first kappa shape index (κ1) is 17.2. The van der Waals surface area contributed by atoms with E-state index >= 15 is 0 Å². The average Bonchev–Trinajstić information content (AvgIpc) is 2.94. The fourth-order valence-electron chi connectivity index (χ4n) is 3.12. The third-order valence-electron chi connectivity index (χ3n) is 4.36. The Morgan fingerprint density at radius 3 is 2.77 bits per heavy atom. The van der Waals surface area contributed by atoms with Crippen LogP contribution in [0, 0.1) is 29.0 Å². The monoisotopic (exact) mass is 345 g/mol. The van der Waals surface area contributed by atoms with Gasteiger partial charge in [0, 0.05) is 13.1 Å². The van der Waals surface area contributed by atoms with Gasteiger partial charge in [-0.25, -0.2) is 12.8 Å². The minimum absolute atomic E-state index is 0. The van der Waals surface area contributed by atoms with Gasteiger partial charge in [0.05, 0.1) is 10.5 Å². The molecule has 0 spiro atoms. The molecule has 3 rings (SSSR count). The van der Waals surface area contributed by atoms with E-state index in [2.05, 4.69) is 5.32 Å². The van der Waals surface area contributed by atoms with Gasteiger partial charge in [-0.1, -0.05) is 0 Å². The maximum Gasteiger partial charge on any atom is 0.243 e. The van der Waals surface area contributed by atoms with Crippen molar-refractivity contribution in [3.63, 3.8) is 0 Å². The maximum absolute atomic E-state index is 13.3. The largest absolute Gasteiger partial charge is 0.316 e. The van der Waals surface area contributed by atoms with Crippen molar-refractivity contribution in [2.75, 3.05) is 26.2 Å². The van der Waals surface area contributed by atoms with E-state index in [0.29, 0.717) is 24.9 Å². The Morgan fingerprint density at radius 1 is 1.32 bits per heavy atom. The van der Waals surface area contributed by atoms with Gasteiger partial charge in [0.1, 0.15) is 11.9 Å². The molecule has 0 aliphatic carbocycles. The Labute approximate surface area is 135 Å². The zero-order chi connectivity index (χ0) is 15.0. The second-order valence-electron chi connectivity index (χ2n) is 5.58. The Kier molecular flexibility index (Phi) is 5.07. The molecule has 0 amide bonds. The van der Waals surface area contributed by atoms with Crippen molar-refractivity contribution in [3.8, 4) is 6.07 Å². The molecule has 1 aromatic carbocycles. The minimum Gasteiger partial charge on any atom is -0.316 e. The number of benzene rings is 1. The lowest BCUT2D eigenvalue weighted by molar-refractivity contribution is 0.228. The number of sulfonamides is 1. The highest BCUT2D eigenvalue weighted by Crippen LogP contribution is 2.30. The number of nitrogens with zero attached hydrogens (tertiary/aromatic N) is 2. The van der Waals surface area contributed by atoms with Gasteiger partial charge in [-0.15, -0.1) is 12.4 Å². The van der Waals surface area contributed by atoms with Crippen LogP contribution in [0.25, 0.3) is 0 Å². The van der Waals surface area contributed by atoms with Gasteiger partial charge in [0.25, 0.3) is 0 Å². The molecule has 0 saturated carbocycles. The predicted octanol–water partition coefficient (Wildman–Crippen LogP) is 1.35. The molecule has 2 atom stereocenters. The van der Waals surface area contributed by atoms with Gasteiger partial charge in [-0.05, 0) is 49.5 Å². The minimum atomic E-state index is -3.66. The molecule has 22 heavy (non-hydrogen) atoms. The molecule has 0 radical (unpaired) electrons. The molecule has 0 aromatic heterocycles. The molecule has 1 aromatic rings. The molecule has 2 unspecified atom stereocenters. The Morgan fingerprint density at radius 2 is 2.05 bits per heavy atom. The molecule has 2 fully saturated rings. The van der Waals surface area contributed by atoms with Gasteiger partial charge in [0.15, 0.2) is 0 Å². The molecular formula is C14H17ClFN3O2S. The first-order valence-electron chi connectivity index (χ1n) is 6.93. The zero-order valence-corrected chi connectivity index (χ0v) is 13.5. The zero-order valence-electron chi connectivity index (χ0n) is 11.8. The second kappa shape index (κ2) is 6.50. The van der Waals surface area contributed by atoms with Crippen molar-refractivity contribution in [2.45, 2.75) is 11.3 Å². The van der Waals surface area contributed by atoms with E-state index in [1.54, 1.807) is 6.07 Å². The second-order valence-corrected chi connectivity index (χ2v) is 7.52. The van der Waals surface area contributed by atoms with Gasteiger partial charge in [-0.3, -0.25) is 0 Å². The van der Waals surface area contributed by atoms with Crippen LogP contribution in [0.3, 0.4) is 0 Å². The van der Waals surface area contributed by atoms with E-state index in [-0.39, 0.29) is 22.9 Å². The molecular weight excluding hydrogens is 329 g/mol. The van der Waals surface area contributed by atoms with Crippen molar-refractivity contribution < 1.29 is 12.8 Å². The lowest BCUT2D eigenvalue weighted by atomic mass is 9.90. The summed E-state index contributed by atoms with van der Waals surface area (Å²) in [6.07, 6.45) is 0.837. The molecule has 120 valence electrons. The number of nitriles is 1. The highest BCUT2D eigenvalue weighted by atomic mass is 35.5. The van der Waals surface area contributed by atoms with E-state index in [1.807, 2.05) is 0 Å². The van der Waals surface area contributed by atoms with E-state index in [4.69, 9.17) is 5.26 Å². The quantitative estimate of drug-likeness (QED) is 0.878. The lowest BCUT2D eigenvalue weighted by Gasteiger charge is -2.33. The molecule has 8 heteroatoms. The Balaban J connectivity index is 0.00000176. The number of rotatable bonds is 2. The van der Waals surface area contributed by atoms with Crippen molar-refractivity contribution in [2.24, 2.45) is 11.8 Å². The number of piperidine rings is 1. The van der Waals surface area contributed by atoms with E-state index < -0.39 is 15.8 Å². The van der Waals surface area contributed by atoms with Gasteiger partial charge >= 0.3 is 0 Å². The Bertz CT molecular complexity index is 705. The van der Waals surface area contributed by atoms with Crippen LogP contribution in [-0.4, -0.2) is 38.9 Å². The number of halogens is 2. The maximum atomic E-state index is 13.3. The van der Waals surface area contributed by atoms with E-state index in [9.17, 15) is 12.8 Å². The normalized spacial score (nSPS) is 25.1. The summed E-state index contributed by atoms with van der Waals surface area (Å²) in [5.74, 6) is 0.180. The molecule has 5 nitrogen and oxygen atoms in total. The van der Waals surface area contributed by atoms with E-state index in [1.165, 1.54) is 10.4 Å². The molecule has 2 heterocycles. The van der Waals surface area contributed by atoms with Crippen molar-refractivity contribution in [1.29, 1.82) is 5.26 Å². The standard InChI is InChI=1S/C14H16FN3O2S.ClH/c15-14-2-1-13(5-11(14)6-16)21(19,20)18-4-3-10-7-17-8-12(10)9-18;/h1-2,5,10,12,17H,3-4,7-9H2;1H. The number of nitrogens with one attached hydrogen (secondary N) is 1. The fourth-order valence-corrected chi connectivity index (χ4v) is 4.66. The predicted molar refractivity (Wildman–Crippen MR) is 81.6 cm³/mol. The summed E-state index contributed by atoms with van der Waals surface area (Å²) in [5, 5.41) is 12.1. The molecule has 0 bridgehead atoms. The van der Waals surface area contributed by atoms with Gasteiger partial charge < -0.3 is 5.32 Å². The van der Waals surface area contributed by atoms with Crippen LogP contribution >= 0.6 is 12.4 Å². The smallest absolute Gasteiger partial charge is 0.243 e. The summed E-state index contributed by atoms with van der Waals surface area (Å²) < 4.78 is 40.0.